The largest absolute Gasteiger partial charge is 0.487 e. The van der Waals surface area contributed by atoms with Crippen LogP contribution in [-0.2, 0) is 6.42 Å². The van der Waals surface area contributed by atoms with E-state index in [1.165, 1.54) is 18.2 Å². The quantitative estimate of drug-likeness (QED) is 0.595. The number of aliphatic hydroxyl groups is 1. The molecule has 1 aromatic heterocycles. The first-order valence-corrected chi connectivity index (χ1v) is 13.7. The standard InChI is InChI=1S/C28H33ClFN5O3/c1-5-20-24(29)14(2)32-25(33-20)18-12-34(13-19(18)31)26(36)17-7-6-15(30)8-21(17)38-23-9-22-28(4,37)11-16-10-27(23,3)35(16)22/h6-8,16,18,22-23,31,37H,5,9-13H2,1-4H3. The predicted octanol–water partition coefficient (Wildman–Crippen LogP) is 3.91. The molecule has 2 aromatic rings. The summed E-state index contributed by atoms with van der Waals surface area (Å²) in [4.78, 5) is 26.7. The molecule has 0 spiro atoms. The molecule has 0 saturated carbocycles. The third-order valence-corrected chi connectivity index (χ3v) is 9.62. The second kappa shape index (κ2) is 8.69. The first-order chi connectivity index (χ1) is 17.9. The summed E-state index contributed by atoms with van der Waals surface area (Å²) in [6.07, 6.45) is 2.64. The molecule has 4 saturated heterocycles. The predicted molar refractivity (Wildman–Crippen MR) is 141 cm³/mol. The van der Waals surface area contributed by atoms with Crippen LogP contribution in [0.3, 0.4) is 0 Å². The van der Waals surface area contributed by atoms with E-state index in [0.29, 0.717) is 41.1 Å². The molecule has 1 amide bonds. The highest BCUT2D eigenvalue weighted by Gasteiger charge is 2.69. The van der Waals surface area contributed by atoms with Crippen LogP contribution in [0.25, 0.3) is 0 Å². The fourth-order valence-corrected chi connectivity index (χ4v) is 7.42. The van der Waals surface area contributed by atoms with Gasteiger partial charge in [-0.3, -0.25) is 9.69 Å². The molecule has 202 valence electrons. The van der Waals surface area contributed by atoms with Crippen LogP contribution in [0.5, 0.6) is 5.75 Å². The Kier molecular flexibility index (Phi) is 5.87. The summed E-state index contributed by atoms with van der Waals surface area (Å²) < 4.78 is 20.8. The number of carbonyl (C=O) groups is 1. The van der Waals surface area contributed by atoms with Crippen LogP contribution in [-0.4, -0.2) is 78.9 Å². The molecule has 5 heterocycles. The molecule has 6 unspecified atom stereocenters. The van der Waals surface area contributed by atoms with Gasteiger partial charge in [0.05, 0.1) is 45.6 Å². The van der Waals surface area contributed by atoms with Crippen LogP contribution < -0.4 is 4.74 Å². The average molecular weight is 542 g/mol. The molecule has 8 nitrogen and oxygen atoms in total. The van der Waals surface area contributed by atoms with Gasteiger partial charge >= 0.3 is 0 Å². The van der Waals surface area contributed by atoms with Crippen LogP contribution in [0.15, 0.2) is 18.2 Å². The maximum Gasteiger partial charge on any atom is 0.257 e. The number of carbonyl (C=O) groups excluding carboxylic acids is 1. The third-order valence-electron chi connectivity index (χ3n) is 9.13. The second-order valence-electron chi connectivity index (χ2n) is 11.7. The minimum atomic E-state index is -0.786. The van der Waals surface area contributed by atoms with Crippen LogP contribution in [0.1, 0.15) is 73.5 Å². The van der Waals surface area contributed by atoms with Gasteiger partial charge in [-0.05, 0) is 52.2 Å². The average Bonchev–Trinajstić information content (AvgIpc) is 3.42. The molecule has 6 atom stereocenters. The molecule has 4 aliphatic rings. The zero-order chi connectivity index (χ0) is 27.1. The lowest BCUT2D eigenvalue weighted by molar-refractivity contribution is -0.0669. The van der Waals surface area contributed by atoms with Crippen molar-refractivity contribution in [3.05, 3.63) is 51.8 Å². The molecule has 0 aliphatic carbocycles. The van der Waals surface area contributed by atoms with Gasteiger partial charge in [0, 0.05) is 36.8 Å². The summed E-state index contributed by atoms with van der Waals surface area (Å²) in [6.45, 7) is 8.16. The van der Waals surface area contributed by atoms with Gasteiger partial charge in [0.2, 0.25) is 0 Å². The van der Waals surface area contributed by atoms with E-state index in [1.54, 1.807) is 4.90 Å². The molecule has 4 aliphatic heterocycles. The summed E-state index contributed by atoms with van der Waals surface area (Å²) in [5.41, 5.74) is 0.946. The van der Waals surface area contributed by atoms with Crippen molar-refractivity contribution in [1.29, 1.82) is 5.41 Å². The Bertz CT molecular complexity index is 1350. The number of rotatable bonds is 5. The minimum absolute atomic E-state index is 0.0142. The highest BCUT2D eigenvalue weighted by atomic mass is 35.5. The van der Waals surface area contributed by atoms with Crippen molar-refractivity contribution in [2.24, 2.45) is 0 Å². The van der Waals surface area contributed by atoms with Gasteiger partial charge in [-0.1, -0.05) is 18.5 Å². The van der Waals surface area contributed by atoms with E-state index in [0.717, 1.165) is 18.5 Å². The summed E-state index contributed by atoms with van der Waals surface area (Å²) >= 11 is 6.33. The zero-order valence-corrected chi connectivity index (χ0v) is 22.8. The van der Waals surface area contributed by atoms with E-state index in [9.17, 15) is 14.3 Å². The van der Waals surface area contributed by atoms with Gasteiger partial charge in [0.15, 0.2) is 0 Å². The number of aromatic nitrogens is 2. The third kappa shape index (κ3) is 3.77. The van der Waals surface area contributed by atoms with Gasteiger partial charge in [-0.25, -0.2) is 14.4 Å². The number of hydrogen-bond acceptors (Lipinski definition) is 7. The molecule has 38 heavy (non-hydrogen) atoms. The van der Waals surface area contributed by atoms with Crippen molar-refractivity contribution in [1.82, 2.24) is 19.8 Å². The van der Waals surface area contributed by atoms with Crippen molar-refractivity contribution in [3.8, 4) is 5.75 Å². The van der Waals surface area contributed by atoms with Crippen molar-refractivity contribution in [2.75, 3.05) is 13.1 Å². The molecule has 10 heteroatoms. The van der Waals surface area contributed by atoms with Crippen LogP contribution in [0.2, 0.25) is 5.02 Å². The Labute approximate surface area is 226 Å². The van der Waals surface area contributed by atoms with Crippen LogP contribution >= 0.6 is 11.6 Å². The highest BCUT2D eigenvalue weighted by molar-refractivity contribution is 6.31. The Morgan fingerprint density at radius 3 is 2.79 bits per heavy atom. The van der Waals surface area contributed by atoms with E-state index in [1.807, 2.05) is 20.8 Å². The number of nitrogens with zero attached hydrogens (tertiary/aromatic N) is 4. The number of halogens is 2. The summed E-state index contributed by atoms with van der Waals surface area (Å²) in [7, 11) is 0. The minimum Gasteiger partial charge on any atom is -0.487 e. The number of nitrogens with one attached hydrogen (secondary N) is 1. The Hall–Kier alpha value is -2.62. The van der Waals surface area contributed by atoms with Gasteiger partial charge in [-0.2, -0.15) is 0 Å². The lowest BCUT2D eigenvalue weighted by Crippen LogP contribution is -2.64. The highest BCUT2D eigenvalue weighted by Crippen LogP contribution is 2.58. The Balaban J connectivity index is 1.24. The van der Waals surface area contributed by atoms with E-state index >= 15 is 0 Å². The monoisotopic (exact) mass is 541 g/mol. The summed E-state index contributed by atoms with van der Waals surface area (Å²) in [5.74, 6) is -0.545. The number of ether oxygens (including phenoxy) is 1. The molecule has 0 radical (unpaired) electrons. The maximum atomic E-state index is 14.4. The van der Waals surface area contributed by atoms with Gasteiger partial charge < -0.3 is 20.2 Å². The first kappa shape index (κ1) is 25.6. The molecule has 0 bridgehead atoms. The summed E-state index contributed by atoms with van der Waals surface area (Å²) in [5, 5.41) is 20.1. The maximum absolute atomic E-state index is 14.4. The van der Waals surface area contributed by atoms with Crippen molar-refractivity contribution in [2.45, 2.75) is 88.6 Å². The van der Waals surface area contributed by atoms with Gasteiger partial charge in [0.1, 0.15) is 23.5 Å². The Morgan fingerprint density at radius 1 is 1.32 bits per heavy atom. The van der Waals surface area contributed by atoms with E-state index in [4.69, 9.17) is 21.7 Å². The van der Waals surface area contributed by atoms with Crippen LogP contribution in [0.4, 0.5) is 4.39 Å². The number of aryl methyl sites for hydroxylation is 2. The SMILES string of the molecule is CCc1nc(C2CN(C(=O)c3ccc(F)cc3OC3CC4N5C(CC4(C)O)CC35C)CC2=N)nc(C)c1Cl. The van der Waals surface area contributed by atoms with Gasteiger partial charge in [0.25, 0.3) is 5.91 Å². The number of likely N-dealkylation sites (tertiary alicyclic amines) is 1. The smallest absolute Gasteiger partial charge is 0.257 e. The normalized spacial score (nSPS) is 34.0. The fourth-order valence-electron chi connectivity index (χ4n) is 7.21. The number of amides is 1. The van der Waals surface area contributed by atoms with E-state index < -0.39 is 17.3 Å². The topological polar surface area (TPSA) is 103 Å². The number of hydrogen-bond donors (Lipinski definition) is 2. The number of benzene rings is 1. The molecule has 2 N–H and O–H groups in total. The van der Waals surface area contributed by atoms with Crippen molar-refractivity contribution in [3.63, 3.8) is 0 Å². The molecule has 4 fully saturated rings. The van der Waals surface area contributed by atoms with Crippen LogP contribution in [0, 0.1) is 18.2 Å². The lowest BCUT2D eigenvalue weighted by atomic mass is 9.76. The van der Waals surface area contributed by atoms with Crippen molar-refractivity contribution >= 4 is 23.2 Å². The first-order valence-electron chi connectivity index (χ1n) is 13.3. The second-order valence-corrected chi connectivity index (χ2v) is 12.1. The van der Waals surface area contributed by atoms with E-state index in [-0.39, 0.29) is 48.0 Å². The fraction of sp³-hybridized carbons (Fsp3) is 0.571. The molecule has 1 aromatic carbocycles. The zero-order valence-electron chi connectivity index (χ0n) is 22.1. The van der Waals surface area contributed by atoms with Crippen molar-refractivity contribution < 1.29 is 19.0 Å². The Morgan fingerprint density at radius 2 is 2.08 bits per heavy atom. The molecular formula is C28H33ClFN5O3. The molecule has 6 rings (SSSR count). The van der Waals surface area contributed by atoms with Gasteiger partial charge in [-0.15, -0.1) is 0 Å². The summed E-state index contributed by atoms with van der Waals surface area (Å²) in [6, 6.07) is 4.31. The lowest BCUT2D eigenvalue weighted by Gasteiger charge is -2.53. The molecular weight excluding hydrogens is 509 g/mol. The van der Waals surface area contributed by atoms with E-state index in [2.05, 4.69) is 21.8 Å².